The molecule has 1 amide bonds. The molecule has 2 rings (SSSR count). The number of aryl methyl sites for hydroxylation is 1. The second kappa shape index (κ2) is 4.48. The van der Waals surface area contributed by atoms with Crippen molar-refractivity contribution in [3.8, 4) is 0 Å². The molecular formula is C10H15N3O3S. The average Bonchev–Trinajstić information content (AvgIpc) is 2.85. The molecule has 1 saturated heterocycles. The van der Waals surface area contributed by atoms with E-state index in [0.717, 1.165) is 12.1 Å². The van der Waals surface area contributed by atoms with Crippen LogP contribution in [0.3, 0.4) is 0 Å². The summed E-state index contributed by atoms with van der Waals surface area (Å²) in [7, 11) is -2.97. The summed E-state index contributed by atoms with van der Waals surface area (Å²) in [5.74, 6) is -0.134. The minimum Gasteiger partial charge on any atom is -0.347 e. The number of nitrogens with zero attached hydrogens (tertiary/aromatic N) is 1. The van der Waals surface area contributed by atoms with E-state index in [1.807, 2.05) is 6.92 Å². The Hall–Kier alpha value is -1.37. The first kappa shape index (κ1) is 12.1. The first-order valence-electron chi connectivity index (χ1n) is 5.56. The van der Waals surface area contributed by atoms with E-state index < -0.39 is 9.84 Å². The standard InChI is InChI=1S/C10H15N3O3S/c1-2-7-5-9(13-12-7)10(14)11-8-3-4-17(15,16)6-8/h5,8H,2-4,6H2,1H3,(H,11,14)(H,12,13). The quantitative estimate of drug-likeness (QED) is 0.790. The van der Waals surface area contributed by atoms with Crippen LogP contribution < -0.4 is 5.32 Å². The number of sulfone groups is 1. The van der Waals surface area contributed by atoms with Gasteiger partial charge in [0.25, 0.3) is 5.91 Å². The van der Waals surface area contributed by atoms with Gasteiger partial charge in [-0.05, 0) is 18.9 Å². The number of carbonyl (C=O) groups excluding carboxylic acids is 1. The van der Waals surface area contributed by atoms with Crippen LogP contribution in [0.15, 0.2) is 6.07 Å². The van der Waals surface area contributed by atoms with Gasteiger partial charge < -0.3 is 5.32 Å². The number of nitrogens with one attached hydrogen (secondary N) is 2. The van der Waals surface area contributed by atoms with Gasteiger partial charge in [-0.15, -0.1) is 0 Å². The SMILES string of the molecule is CCc1cc(C(=O)NC2CCS(=O)(=O)C2)n[nH]1. The summed E-state index contributed by atoms with van der Waals surface area (Å²) in [5.41, 5.74) is 1.19. The molecule has 2 N–H and O–H groups in total. The number of carbonyl (C=O) groups is 1. The van der Waals surface area contributed by atoms with E-state index in [2.05, 4.69) is 15.5 Å². The van der Waals surface area contributed by atoms with Gasteiger partial charge in [-0.3, -0.25) is 9.89 Å². The molecule has 17 heavy (non-hydrogen) atoms. The third kappa shape index (κ3) is 2.85. The summed E-state index contributed by atoms with van der Waals surface area (Å²) in [4.78, 5) is 11.8. The fourth-order valence-corrected chi connectivity index (χ4v) is 3.50. The van der Waals surface area contributed by atoms with Crippen LogP contribution in [-0.2, 0) is 16.3 Å². The van der Waals surface area contributed by atoms with Crippen molar-refractivity contribution in [1.82, 2.24) is 15.5 Å². The second-order valence-electron chi connectivity index (χ2n) is 4.21. The van der Waals surface area contributed by atoms with Crippen LogP contribution in [0, 0.1) is 0 Å². The molecule has 1 aliphatic heterocycles. The summed E-state index contributed by atoms with van der Waals surface area (Å²) in [6, 6.07) is 1.40. The van der Waals surface area contributed by atoms with E-state index in [1.54, 1.807) is 6.07 Å². The number of amides is 1. The fraction of sp³-hybridized carbons (Fsp3) is 0.600. The van der Waals surface area contributed by atoms with Crippen molar-refractivity contribution in [3.05, 3.63) is 17.5 Å². The highest BCUT2D eigenvalue weighted by Gasteiger charge is 2.29. The highest BCUT2D eigenvalue weighted by atomic mass is 32.2. The lowest BCUT2D eigenvalue weighted by molar-refractivity contribution is 0.0936. The monoisotopic (exact) mass is 257 g/mol. The highest BCUT2D eigenvalue weighted by molar-refractivity contribution is 7.91. The van der Waals surface area contributed by atoms with Crippen molar-refractivity contribution in [2.75, 3.05) is 11.5 Å². The first-order valence-corrected chi connectivity index (χ1v) is 7.38. The average molecular weight is 257 g/mol. The predicted octanol–water partition coefficient (Wildman–Crippen LogP) is -0.111. The molecule has 94 valence electrons. The van der Waals surface area contributed by atoms with Crippen LogP contribution in [0.4, 0.5) is 0 Å². The van der Waals surface area contributed by atoms with Crippen LogP contribution in [0.1, 0.15) is 29.5 Å². The Morgan fingerprint density at radius 1 is 1.65 bits per heavy atom. The molecule has 0 saturated carbocycles. The third-order valence-corrected chi connectivity index (χ3v) is 4.58. The molecule has 2 heterocycles. The minimum atomic E-state index is -2.97. The number of aromatic nitrogens is 2. The molecule has 1 aromatic heterocycles. The topological polar surface area (TPSA) is 91.9 Å². The molecule has 0 bridgehead atoms. The van der Waals surface area contributed by atoms with Gasteiger partial charge in [-0.25, -0.2) is 8.42 Å². The van der Waals surface area contributed by atoms with E-state index in [0.29, 0.717) is 12.1 Å². The Kier molecular flexibility index (Phi) is 3.19. The number of rotatable bonds is 3. The molecule has 1 fully saturated rings. The maximum Gasteiger partial charge on any atom is 0.272 e. The van der Waals surface area contributed by atoms with Crippen molar-refractivity contribution >= 4 is 15.7 Å². The number of aromatic amines is 1. The van der Waals surface area contributed by atoms with Gasteiger partial charge in [0.1, 0.15) is 5.69 Å². The van der Waals surface area contributed by atoms with Gasteiger partial charge in [-0.1, -0.05) is 6.92 Å². The summed E-state index contributed by atoms with van der Waals surface area (Å²) in [6.07, 6.45) is 1.26. The third-order valence-electron chi connectivity index (χ3n) is 2.81. The first-order chi connectivity index (χ1) is 8.00. The Labute approximate surface area is 99.7 Å². The predicted molar refractivity (Wildman–Crippen MR) is 62.5 cm³/mol. The minimum absolute atomic E-state index is 0.0315. The van der Waals surface area contributed by atoms with Crippen molar-refractivity contribution in [2.24, 2.45) is 0 Å². The molecule has 7 heteroatoms. The maximum absolute atomic E-state index is 11.8. The van der Waals surface area contributed by atoms with E-state index in [4.69, 9.17) is 0 Å². The lowest BCUT2D eigenvalue weighted by Crippen LogP contribution is -2.35. The second-order valence-corrected chi connectivity index (χ2v) is 6.43. The van der Waals surface area contributed by atoms with Gasteiger partial charge in [-0.2, -0.15) is 5.10 Å². The van der Waals surface area contributed by atoms with Crippen molar-refractivity contribution in [2.45, 2.75) is 25.8 Å². The summed E-state index contributed by atoms with van der Waals surface area (Å²) in [6.45, 7) is 1.96. The zero-order valence-electron chi connectivity index (χ0n) is 9.56. The molecule has 6 nitrogen and oxygen atoms in total. The normalized spacial score (nSPS) is 22.5. The van der Waals surface area contributed by atoms with Crippen LogP contribution in [0.25, 0.3) is 0 Å². The highest BCUT2D eigenvalue weighted by Crippen LogP contribution is 2.12. The molecule has 0 radical (unpaired) electrons. The molecule has 1 atom stereocenters. The Balaban J connectivity index is 1.98. The van der Waals surface area contributed by atoms with Gasteiger partial charge in [0.2, 0.25) is 0 Å². The largest absolute Gasteiger partial charge is 0.347 e. The number of hydrogen-bond acceptors (Lipinski definition) is 4. The summed E-state index contributed by atoms with van der Waals surface area (Å²) in [5, 5.41) is 9.31. The molecule has 0 spiro atoms. The molecule has 0 aliphatic carbocycles. The Morgan fingerprint density at radius 2 is 2.41 bits per heavy atom. The summed E-state index contributed by atoms with van der Waals surface area (Å²) >= 11 is 0. The van der Waals surface area contributed by atoms with Crippen molar-refractivity contribution in [1.29, 1.82) is 0 Å². The van der Waals surface area contributed by atoms with Crippen molar-refractivity contribution < 1.29 is 13.2 Å². The molecule has 1 aliphatic rings. The lowest BCUT2D eigenvalue weighted by atomic mass is 10.2. The van der Waals surface area contributed by atoms with Crippen LogP contribution in [0.2, 0.25) is 0 Å². The van der Waals surface area contributed by atoms with E-state index >= 15 is 0 Å². The van der Waals surface area contributed by atoms with Crippen LogP contribution in [-0.4, -0.2) is 42.1 Å². The number of H-pyrrole nitrogens is 1. The smallest absolute Gasteiger partial charge is 0.272 e. The van der Waals surface area contributed by atoms with Gasteiger partial charge in [0, 0.05) is 11.7 Å². The molecule has 1 aromatic rings. The van der Waals surface area contributed by atoms with Crippen LogP contribution >= 0.6 is 0 Å². The van der Waals surface area contributed by atoms with E-state index in [1.165, 1.54) is 0 Å². The maximum atomic E-state index is 11.8. The summed E-state index contributed by atoms with van der Waals surface area (Å²) < 4.78 is 22.5. The Morgan fingerprint density at radius 3 is 2.94 bits per heavy atom. The molecule has 1 unspecified atom stereocenters. The number of hydrogen-bond donors (Lipinski definition) is 2. The van der Waals surface area contributed by atoms with Gasteiger partial charge in [0.15, 0.2) is 9.84 Å². The van der Waals surface area contributed by atoms with Gasteiger partial charge >= 0.3 is 0 Å². The van der Waals surface area contributed by atoms with E-state index in [9.17, 15) is 13.2 Å². The van der Waals surface area contributed by atoms with Crippen molar-refractivity contribution in [3.63, 3.8) is 0 Å². The van der Waals surface area contributed by atoms with Gasteiger partial charge in [0.05, 0.1) is 11.5 Å². The van der Waals surface area contributed by atoms with Crippen LogP contribution in [0.5, 0.6) is 0 Å². The fourth-order valence-electron chi connectivity index (χ4n) is 1.83. The zero-order chi connectivity index (χ0) is 12.5. The molecular weight excluding hydrogens is 242 g/mol. The lowest BCUT2D eigenvalue weighted by Gasteiger charge is -2.08. The van der Waals surface area contributed by atoms with E-state index in [-0.39, 0.29) is 23.5 Å². The molecule has 0 aromatic carbocycles. The Bertz CT molecular complexity index is 521. The zero-order valence-corrected chi connectivity index (χ0v) is 10.4.